The summed E-state index contributed by atoms with van der Waals surface area (Å²) < 4.78 is 0. The lowest BCUT2D eigenvalue weighted by Crippen LogP contribution is -1.99. The van der Waals surface area contributed by atoms with Crippen molar-refractivity contribution in [1.29, 1.82) is 0 Å². The number of rotatable bonds is 6. The van der Waals surface area contributed by atoms with E-state index in [9.17, 15) is 0 Å². The van der Waals surface area contributed by atoms with E-state index in [0.29, 0.717) is 5.82 Å². The van der Waals surface area contributed by atoms with Gasteiger partial charge in [0.15, 0.2) is 5.82 Å². The third-order valence-corrected chi connectivity index (χ3v) is 12.3. The largest absolute Gasteiger partial charge is 0.265 e. The second-order valence-corrected chi connectivity index (χ2v) is 15.8. The summed E-state index contributed by atoms with van der Waals surface area (Å²) >= 11 is 0. The van der Waals surface area contributed by atoms with Gasteiger partial charge in [-0.2, -0.15) is 0 Å². The average molecular weight is 789 g/mol. The molecular weight excluding hydrogens is 753 g/mol. The second-order valence-electron chi connectivity index (χ2n) is 15.8. The molecule has 0 bridgehead atoms. The maximum atomic E-state index is 5.58. The minimum absolute atomic E-state index is 0.669. The molecule has 4 nitrogen and oxygen atoms in total. The standard InChI is InChI=1S/C58H36N4/c1-3-11-46-43(9-1)33-52(50-15-7-5-13-48(46)50)45-35-54(53-34-44-10-2-4-12-47(44)49-14-6-8-16-51(49)53)57-55(36-45)56(41-21-17-37(18-22-41)39-25-29-59-30-26-39)61-58(62-57)42-23-19-38(20-24-42)40-27-31-60-32-28-40/h1-36H. The van der Waals surface area contributed by atoms with Gasteiger partial charge in [0, 0.05) is 46.9 Å². The van der Waals surface area contributed by atoms with Crippen LogP contribution in [0, 0.1) is 0 Å². The van der Waals surface area contributed by atoms with Crippen molar-refractivity contribution < 1.29 is 0 Å². The summed E-state index contributed by atoms with van der Waals surface area (Å²) in [5.41, 5.74) is 12.7. The van der Waals surface area contributed by atoms with Crippen LogP contribution < -0.4 is 0 Å². The molecule has 0 N–H and O–H groups in total. The van der Waals surface area contributed by atoms with E-state index in [-0.39, 0.29) is 0 Å². The van der Waals surface area contributed by atoms with Gasteiger partial charge in [0.05, 0.1) is 11.2 Å². The van der Waals surface area contributed by atoms with E-state index in [1.54, 1.807) is 0 Å². The number of aromatic nitrogens is 4. The third-order valence-electron chi connectivity index (χ3n) is 12.3. The third kappa shape index (κ3) is 6.08. The first-order chi connectivity index (χ1) is 30.7. The number of hydrogen-bond donors (Lipinski definition) is 0. The molecule has 0 aliphatic rings. The molecule has 0 spiro atoms. The molecule has 4 heteroatoms. The Morgan fingerprint density at radius 2 is 0.694 bits per heavy atom. The molecule has 0 saturated heterocycles. The second kappa shape index (κ2) is 14.7. The van der Waals surface area contributed by atoms with Crippen LogP contribution in [0.3, 0.4) is 0 Å². The number of hydrogen-bond acceptors (Lipinski definition) is 4. The molecule has 0 aliphatic heterocycles. The van der Waals surface area contributed by atoms with Crippen molar-refractivity contribution in [2.24, 2.45) is 0 Å². The van der Waals surface area contributed by atoms with E-state index in [4.69, 9.17) is 9.97 Å². The summed E-state index contributed by atoms with van der Waals surface area (Å²) in [6.45, 7) is 0. The Kier molecular flexibility index (Phi) is 8.46. The first-order valence-corrected chi connectivity index (χ1v) is 20.9. The van der Waals surface area contributed by atoms with Gasteiger partial charge in [-0.05, 0) is 131 Å². The molecule has 288 valence electrons. The highest BCUT2D eigenvalue weighted by molar-refractivity contribution is 6.19. The van der Waals surface area contributed by atoms with Crippen molar-refractivity contribution in [2.45, 2.75) is 0 Å². The van der Waals surface area contributed by atoms with Crippen LogP contribution in [0.2, 0.25) is 0 Å². The molecule has 0 saturated carbocycles. The molecule has 62 heavy (non-hydrogen) atoms. The Hall–Kier alpha value is -8.34. The van der Waals surface area contributed by atoms with E-state index in [1.165, 1.54) is 48.7 Å². The molecule has 0 atom stereocenters. The fraction of sp³-hybridized carbons (Fsp3) is 0. The maximum absolute atomic E-state index is 5.58. The zero-order chi connectivity index (χ0) is 41.0. The number of fused-ring (bicyclic) bond motifs is 7. The normalized spacial score (nSPS) is 11.5. The molecule has 9 aromatic carbocycles. The number of pyridine rings is 2. The lowest BCUT2D eigenvalue weighted by Gasteiger charge is -2.18. The zero-order valence-electron chi connectivity index (χ0n) is 33.6. The predicted octanol–water partition coefficient (Wildman–Crippen LogP) is 15.0. The van der Waals surface area contributed by atoms with Crippen LogP contribution in [0.4, 0.5) is 0 Å². The molecule has 0 unspecified atom stereocenters. The minimum Gasteiger partial charge on any atom is -0.265 e. The quantitative estimate of drug-likeness (QED) is 0.158. The van der Waals surface area contributed by atoms with Crippen molar-refractivity contribution >= 4 is 54.0 Å². The van der Waals surface area contributed by atoms with E-state index >= 15 is 0 Å². The van der Waals surface area contributed by atoms with E-state index in [1.807, 2.05) is 49.1 Å². The Morgan fingerprint density at radius 1 is 0.258 bits per heavy atom. The molecule has 12 aromatic rings. The minimum atomic E-state index is 0.669. The van der Waals surface area contributed by atoms with Gasteiger partial charge in [0.2, 0.25) is 0 Å². The molecule has 3 aromatic heterocycles. The number of nitrogens with zero attached hydrogens (tertiary/aromatic N) is 4. The highest BCUT2D eigenvalue weighted by Crippen LogP contribution is 2.44. The molecule has 3 heterocycles. The van der Waals surface area contributed by atoms with E-state index < -0.39 is 0 Å². The van der Waals surface area contributed by atoms with Crippen molar-refractivity contribution in [3.8, 4) is 67.2 Å². The van der Waals surface area contributed by atoms with Crippen LogP contribution >= 0.6 is 0 Å². The summed E-state index contributed by atoms with van der Waals surface area (Å²) in [5.74, 6) is 0.669. The first kappa shape index (κ1) is 35.6. The van der Waals surface area contributed by atoms with E-state index in [0.717, 1.165) is 66.7 Å². The van der Waals surface area contributed by atoms with Gasteiger partial charge in [-0.15, -0.1) is 0 Å². The summed E-state index contributed by atoms with van der Waals surface area (Å²) in [4.78, 5) is 19.6. The lowest BCUT2D eigenvalue weighted by molar-refractivity contribution is 1.23. The van der Waals surface area contributed by atoms with Crippen molar-refractivity contribution in [1.82, 2.24) is 19.9 Å². The van der Waals surface area contributed by atoms with Gasteiger partial charge in [-0.3, -0.25) is 9.97 Å². The Labute approximate surface area is 358 Å². The SMILES string of the molecule is c1ccc2c(c1)cc(-c1cc(-c3cc4ccccc4c4ccccc34)c3nc(-c4ccc(-c5ccncc5)cc4)nc(-c4ccc(-c5ccncc5)cc4)c3c1)c1ccccc12. The van der Waals surface area contributed by atoms with Crippen LogP contribution in [-0.2, 0) is 0 Å². The molecule has 0 fully saturated rings. The van der Waals surface area contributed by atoms with Gasteiger partial charge >= 0.3 is 0 Å². The maximum Gasteiger partial charge on any atom is 0.160 e. The van der Waals surface area contributed by atoms with Gasteiger partial charge in [-0.1, -0.05) is 146 Å². The number of benzene rings is 9. The first-order valence-electron chi connectivity index (χ1n) is 20.9. The predicted molar refractivity (Wildman–Crippen MR) is 258 cm³/mol. The lowest BCUT2D eigenvalue weighted by atomic mass is 9.87. The van der Waals surface area contributed by atoms with Crippen molar-refractivity contribution in [2.75, 3.05) is 0 Å². The summed E-state index contributed by atoms with van der Waals surface area (Å²) in [7, 11) is 0. The Morgan fingerprint density at radius 3 is 1.26 bits per heavy atom. The zero-order valence-corrected chi connectivity index (χ0v) is 33.6. The van der Waals surface area contributed by atoms with Crippen molar-refractivity contribution in [3.63, 3.8) is 0 Å². The van der Waals surface area contributed by atoms with Gasteiger partial charge in [0.25, 0.3) is 0 Å². The van der Waals surface area contributed by atoms with Crippen LogP contribution in [-0.4, -0.2) is 19.9 Å². The highest BCUT2D eigenvalue weighted by atomic mass is 14.9. The van der Waals surface area contributed by atoms with Gasteiger partial charge in [0.1, 0.15) is 0 Å². The fourth-order valence-corrected chi connectivity index (χ4v) is 9.23. The summed E-state index contributed by atoms with van der Waals surface area (Å²) in [6.07, 6.45) is 7.33. The monoisotopic (exact) mass is 788 g/mol. The molecule has 0 amide bonds. The average Bonchev–Trinajstić information content (AvgIpc) is 3.36. The Bertz CT molecular complexity index is 3660. The molecule has 12 rings (SSSR count). The molecule has 0 radical (unpaired) electrons. The highest BCUT2D eigenvalue weighted by Gasteiger charge is 2.21. The van der Waals surface area contributed by atoms with Gasteiger partial charge < -0.3 is 0 Å². The summed E-state index contributed by atoms with van der Waals surface area (Å²) in [6, 6.07) is 69.8. The molecular formula is C58H36N4. The summed E-state index contributed by atoms with van der Waals surface area (Å²) in [5, 5.41) is 10.7. The van der Waals surface area contributed by atoms with Gasteiger partial charge in [-0.25, -0.2) is 9.97 Å². The fourth-order valence-electron chi connectivity index (χ4n) is 9.23. The van der Waals surface area contributed by atoms with Crippen LogP contribution in [0.1, 0.15) is 0 Å². The van der Waals surface area contributed by atoms with E-state index in [2.05, 4.69) is 180 Å². The van der Waals surface area contributed by atoms with Crippen LogP contribution in [0.5, 0.6) is 0 Å². The molecule has 0 aliphatic carbocycles. The Balaban J connectivity index is 1.19. The smallest absolute Gasteiger partial charge is 0.160 e. The van der Waals surface area contributed by atoms with Crippen LogP contribution in [0.25, 0.3) is 121 Å². The van der Waals surface area contributed by atoms with Crippen LogP contribution in [0.15, 0.2) is 219 Å². The topological polar surface area (TPSA) is 51.6 Å². The van der Waals surface area contributed by atoms with Crippen molar-refractivity contribution in [3.05, 3.63) is 219 Å².